The van der Waals surface area contributed by atoms with Crippen molar-refractivity contribution in [1.29, 1.82) is 0 Å². The standard InChI is InChI=1S/C12H14O2S/c1-9-5-6-10-3-2-4-11(8-15(13)14)12(10)7-9/h2-3,5-7,11H,4,8H2,1H3,(H,13,14)/p-1. The molecule has 2 unspecified atom stereocenters. The Morgan fingerprint density at radius 3 is 3.07 bits per heavy atom. The van der Waals surface area contributed by atoms with Crippen molar-refractivity contribution in [2.45, 2.75) is 19.3 Å². The van der Waals surface area contributed by atoms with Gasteiger partial charge in [0, 0.05) is 5.75 Å². The van der Waals surface area contributed by atoms with Gasteiger partial charge < -0.3 is 4.55 Å². The molecular weight excluding hydrogens is 208 g/mol. The van der Waals surface area contributed by atoms with Crippen LogP contribution in [-0.4, -0.2) is 14.5 Å². The Morgan fingerprint density at radius 1 is 1.53 bits per heavy atom. The van der Waals surface area contributed by atoms with E-state index < -0.39 is 11.1 Å². The number of benzene rings is 1. The van der Waals surface area contributed by atoms with Gasteiger partial charge in [-0.15, -0.1) is 0 Å². The van der Waals surface area contributed by atoms with Crippen LogP contribution in [0.2, 0.25) is 0 Å². The molecule has 0 N–H and O–H groups in total. The molecule has 1 aromatic carbocycles. The summed E-state index contributed by atoms with van der Waals surface area (Å²) in [5.74, 6) is 0.351. The fourth-order valence-electron chi connectivity index (χ4n) is 2.01. The van der Waals surface area contributed by atoms with Crippen LogP contribution in [-0.2, 0) is 11.1 Å². The SMILES string of the molecule is Cc1ccc2c(c1)C(CS(=O)[O-])CC=C2. The van der Waals surface area contributed by atoms with Crippen LogP contribution in [0.1, 0.15) is 29.0 Å². The van der Waals surface area contributed by atoms with E-state index in [-0.39, 0.29) is 11.7 Å². The number of aryl methyl sites for hydroxylation is 1. The number of fused-ring (bicyclic) bond motifs is 1. The zero-order valence-electron chi connectivity index (χ0n) is 8.60. The van der Waals surface area contributed by atoms with Gasteiger partial charge in [0.1, 0.15) is 0 Å². The molecule has 15 heavy (non-hydrogen) atoms. The molecule has 0 saturated heterocycles. The molecule has 0 radical (unpaired) electrons. The first-order valence-corrected chi connectivity index (χ1v) is 6.24. The van der Waals surface area contributed by atoms with Crippen LogP contribution >= 0.6 is 0 Å². The highest BCUT2D eigenvalue weighted by molar-refractivity contribution is 7.79. The molecule has 1 aliphatic carbocycles. The van der Waals surface area contributed by atoms with E-state index in [2.05, 4.69) is 30.4 Å². The van der Waals surface area contributed by atoms with Crippen LogP contribution in [0.25, 0.3) is 6.08 Å². The first-order chi connectivity index (χ1) is 7.16. The van der Waals surface area contributed by atoms with Gasteiger partial charge in [-0.1, -0.05) is 47.0 Å². The van der Waals surface area contributed by atoms with Crippen molar-refractivity contribution in [1.82, 2.24) is 0 Å². The van der Waals surface area contributed by atoms with Gasteiger partial charge in [0.05, 0.1) is 0 Å². The molecular formula is C12H13O2S-. The quantitative estimate of drug-likeness (QED) is 0.719. The predicted molar refractivity (Wildman–Crippen MR) is 61.4 cm³/mol. The third-order valence-electron chi connectivity index (χ3n) is 2.74. The Labute approximate surface area is 92.3 Å². The zero-order chi connectivity index (χ0) is 10.8. The van der Waals surface area contributed by atoms with E-state index in [1.807, 2.05) is 6.92 Å². The van der Waals surface area contributed by atoms with Crippen LogP contribution in [0.5, 0.6) is 0 Å². The van der Waals surface area contributed by atoms with E-state index in [4.69, 9.17) is 0 Å². The van der Waals surface area contributed by atoms with Crippen LogP contribution in [0.15, 0.2) is 24.3 Å². The summed E-state index contributed by atoms with van der Waals surface area (Å²) in [4.78, 5) is 0. The first-order valence-electron chi connectivity index (χ1n) is 5.00. The van der Waals surface area contributed by atoms with Crippen LogP contribution in [0.4, 0.5) is 0 Å². The van der Waals surface area contributed by atoms with Crippen molar-refractivity contribution in [3.63, 3.8) is 0 Å². The summed E-state index contributed by atoms with van der Waals surface area (Å²) in [6.07, 6.45) is 4.94. The third-order valence-corrected chi connectivity index (χ3v) is 3.41. The average molecular weight is 221 g/mol. The maximum Gasteiger partial charge on any atom is 0.0174 e. The van der Waals surface area contributed by atoms with Crippen molar-refractivity contribution in [3.8, 4) is 0 Å². The molecule has 0 spiro atoms. The van der Waals surface area contributed by atoms with Gasteiger partial charge in [0.15, 0.2) is 0 Å². The summed E-state index contributed by atoms with van der Waals surface area (Å²) < 4.78 is 21.5. The third kappa shape index (κ3) is 2.36. The average Bonchev–Trinajstić information content (AvgIpc) is 2.18. The molecule has 1 aliphatic rings. The summed E-state index contributed by atoms with van der Waals surface area (Å²) in [7, 11) is 0. The second-order valence-corrected chi connectivity index (χ2v) is 4.88. The molecule has 2 rings (SSSR count). The Balaban J connectivity index is 2.36. The Hall–Kier alpha value is -0.930. The molecule has 0 heterocycles. The minimum Gasteiger partial charge on any atom is -0.772 e. The highest BCUT2D eigenvalue weighted by Gasteiger charge is 2.16. The van der Waals surface area contributed by atoms with Gasteiger partial charge in [-0.3, -0.25) is 4.21 Å². The largest absolute Gasteiger partial charge is 0.772 e. The molecule has 0 bridgehead atoms. The van der Waals surface area contributed by atoms with E-state index in [0.29, 0.717) is 0 Å². The lowest BCUT2D eigenvalue weighted by Crippen LogP contribution is -2.12. The molecule has 3 heteroatoms. The van der Waals surface area contributed by atoms with Crippen molar-refractivity contribution < 1.29 is 8.76 Å². The van der Waals surface area contributed by atoms with Crippen LogP contribution in [0, 0.1) is 6.92 Å². The first kappa shape index (κ1) is 10.6. The van der Waals surface area contributed by atoms with E-state index in [9.17, 15) is 8.76 Å². The normalized spacial score (nSPS) is 21.1. The van der Waals surface area contributed by atoms with Crippen molar-refractivity contribution in [2.24, 2.45) is 0 Å². The van der Waals surface area contributed by atoms with E-state index >= 15 is 0 Å². The topological polar surface area (TPSA) is 40.1 Å². The zero-order valence-corrected chi connectivity index (χ0v) is 9.42. The van der Waals surface area contributed by atoms with Crippen LogP contribution < -0.4 is 0 Å². The molecule has 2 atom stereocenters. The minimum atomic E-state index is -1.96. The summed E-state index contributed by atoms with van der Waals surface area (Å²) >= 11 is -1.96. The van der Waals surface area contributed by atoms with Gasteiger partial charge in [0.2, 0.25) is 0 Å². The smallest absolute Gasteiger partial charge is 0.0174 e. The number of hydrogen-bond acceptors (Lipinski definition) is 2. The highest BCUT2D eigenvalue weighted by Crippen LogP contribution is 2.30. The molecule has 0 saturated carbocycles. The number of allylic oxidation sites excluding steroid dienone is 1. The second-order valence-electron chi connectivity index (χ2n) is 3.94. The second kappa shape index (κ2) is 4.29. The van der Waals surface area contributed by atoms with Crippen molar-refractivity contribution >= 4 is 17.2 Å². The lowest BCUT2D eigenvalue weighted by atomic mass is 9.87. The van der Waals surface area contributed by atoms with E-state index in [1.54, 1.807) is 0 Å². The lowest BCUT2D eigenvalue weighted by Gasteiger charge is -2.23. The van der Waals surface area contributed by atoms with Gasteiger partial charge in [0.25, 0.3) is 0 Å². The van der Waals surface area contributed by atoms with Gasteiger partial charge >= 0.3 is 0 Å². The summed E-state index contributed by atoms with van der Waals surface area (Å²) in [5.41, 5.74) is 3.51. The maximum atomic E-state index is 10.7. The Kier molecular flexibility index (Phi) is 3.03. The summed E-state index contributed by atoms with van der Waals surface area (Å²) in [6, 6.07) is 6.21. The molecule has 1 aromatic rings. The molecule has 0 aliphatic heterocycles. The van der Waals surface area contributed by atoms with Gasteiger partial charge in [-0.2, -0.15) is 0 Å². The van der Waals surface area contributed by atoms with E-state index in [0.717, 1.165) is 12.0 Å². The molecule has 2 nitrogen and oxygen atoms in total. The number of rotatable bonds is 2. The summed E-state index contributed by atoms with van der Waals surface area (Å²) in [6.45, 7) is 2.03. The predicted octanol–water partition coefficient (Wildman–Crippen LogP) is 2.37. The van der Waals surface area contributed by atoms with E-state index in [1.165, 1.54) is 11.1 Å². The van der Waals surface area contributed by atoms with Crippen molar-refractivity contribution in [2.75, 3.05) is 5.75 Å². The minimum absolute atomic E-state index is 0.128. The molecule has 0 fully saturated rings. The Bertz CT molecular complexity index is 424. The lowest BCUT2D eigenvalue weighted by molar-refractivity contribution is 0.530. The molecule has 80 valence electrons. The fraction of sp³-hybridized carbons (Fsp3) is 0.333. The monoisotopic (exact) mass is 221 g/mol. The van der Waals surface area contributed by atoms with Crippen LogP contribution in [0.3, 0.4) is 0 Å². The number of hydrogen-bond donors (Lipinski definition) is 0. The van der Waals surface area contributed by atoms with Gasteiger partial charge in [-0.05, 0) is 30.4 Å². The fourth-order valence-corrected chi connectivity index (χ4v) is 2.65. The summed E-state index contributed by atoms with van der Waals surface area (Å²) in [5, 5.41) is 0. The Morgan fingerprint density at radius 2 is 2.33 bits per heavy atom. The van der Waals surface area contributed by atoms with Crippen molar-refractivity contribution in [3.05, 3.63) is 41.0 Å². The molecule has 0 aromatic heterocycles. The van der Waals surface area contributed by atoms with Gasteiger partial charge in [-0.25, -0.2) is 0 Å². The molecule has 0 amide bonds. The highest BCUT2D eigenvalue weighted by atomic mass is 32.2. The maximum absolute atomic E-state index is 10.7.